The number of carbonyl (C=O) groups is 3. The number of amides is 1. The van der Waals surface area contributed by atoms with Gasteiger partial charge in [-0.3, -0.25) is 19.4 Å². The van der Waals surface area contributed by atoms with Crippen molar-refractivity contribution in [2.24, 2.45) is 0 Å². The molecule has 1 aliphatic rings. The maximum Gasteiger partial charge on any atom is 0.303 e. The molecule has 8 heteroatoms. The third-order valence-corrected chi connectivity index (χ3v) is 4.45. The number of hydrogen-bond donors (Lipinski definition) is 2. The fourth-order valence-corrected chi connectivity index (χ4v) is 3.16. The Bertz CT molecular complexity index is 941. The molecule has 0 radical (unpaired) electrons. The first kappa shape index (κ1) is 19.2. The summed E-state index contributed by atoms with van der Waals surface area (Å²) in [5.41, 5.74) is 0.555. The zero-order chi connectivity index (χ0) is 20.3. The van der Waals surface area contributed by atoms with Crippen LogP contribution in [0.25, 0.3) is 5.76 Å². The molecule has 28 heavy (non-hydrogen) atoms. The van der Waals surface area contributed by atoms with Gasteiger partial charge in [0.05, 0.1) is 11.6 Å². The Morgan fingerprint density at radius 1 is 1.14 bits per heavy atom. The first-order chi connectivity index (χ1) is 13.4. The van der Waals surface area contributed by atoms with Crippen LogP contribution in [0.3, 0.4) is 0 Å². The topological polar surface area (TPSA) is 108 Å². The second-order valence-corrected chi connectivity index (χ2v) is 6.28. The number of pyridine rings is 1. The van der Waals surface area contributed by atoms with Gasteiger partial charge in [0.15, 0.2) is 0 Å². The number of likely N-dealkylation sites (tertiary alicyclic amines) is 1. The summed E-state index contributed by atoms with van der Waals surface area (Å²) in [5, 5.41) is 19.5. The van der Waals surface area contributed by atoms with Crippen molar-refractivity contribution in [2.75, 3.05) is 6.54 Å². The first-order valence-corrected chi connectivity index (χ1v) is 8.56. The minimum atomic E-state index is -1.01. The molecule has 2 heterocycles. The van der Waals surface area contributed by atoms with E-state index in [1.165, 1.54) is 29.4 Å². The molecule has 0 saturated carbocycles. The lowest BCUT2D eigenvalue weighted by Crippen LogP contribution is -2.31. The maximum absolute atomic E-state index is 13.2. The lowest BCUT2D eigenvalue weighted by molar-refractivity contribution is -0.140. The predicted molar refractivity (Wildman–Crippen MR) is 96.5 cm³/mol. The quantitative estimate of drug-likeness (QED) is 0.450. The van der Waals surface area contributed by atoms with Gasteiger partial charge in [0.25, 0.3) is 11.7 Å². The van der Waals surface area contributed by atoms with E-state index >= 15 is 0 Å². The van der Waals surface area contributed by atoms with Crippen LogP contribution in [0.4, 0.5) is 4.39 Å². The van der Waals surface area contributed by atoms with Gasteiger partial charge in [-0.2, -0.15) is 0 Å². The summed E-state index contributed by atoms with van der Waals surface area (Å²) in [7, 11) is 0. The Labute approximate surface area is 159 Å². The molecule has 144 valence electrons. The average Bonchev–Trinajstić information content (AvgIpc) is 2.93. The van der Waals surface area contributed by atoms with E-state index < -0.39 is 35.3 Å². The van der Waals surface area contributed by atoms with Crippen molar-refractivity contribution in [3.63, 3.8) is 0 Å². The number of benzene rings is 1. The van der Waals surface area contributed by atoms with Gasteiger partial charge in [-0.05, 0) is 42.3 Å². The molecule has 2 aromatic rings. The highest BCUT2D eigenvalue weighted by atomic mass is 19.1. The van der Waals surface area contributed by atoms with E-state index in [0.29, 0.717) is 5.56 Å². The molecular weight excluding hydrogens is 367 g/mol. The van der Waals surface area contributed by atoms with Crippen LogP contribution in [0.2, 0.25) is 0 Å². The summed E-state index contributed by atoms with van der Waals surface area (Å²) < 4.78 is 13.2. The van der Waals surface area contributed by atoms with Crippen LogP contribution in [0.15, 0.2) is 54.4 Å². The van der Waals surface area contributed by atoms with Crippen molar-refractivity contribution in [1.29, 1.82) is 0 Å². The molecule has 1 atom stereocenters. The Morgan fingerprint density at radius 2 is 1.86 bits per heavy atom. The number of ketones is 1. The summed E-state index contributed by atoms with van der Waals surface area (Å²) in [6.45, 7) is 0.0244. The fourth-order valence-electron chi connectivity index (χ4n) is 3.16. The Hall–Kier alpha value is -3.55. The molecule has 1 aromatic heterocycles. The number of aliphatic carboxylic acids is 1. The standard InChI is InChI=1S/C20H17FN2O5/c21-14-7-5-12(6-8-14)18(26)16-17(13-3-1-9-22-11-13)23(20(28)19(16)27)10-2-4-15(24)25/h1,3,5-9,11,17,26H,2,4,10H2,(H,24,25)/t17-/m1/s1. The molecule has 2 N–H and O–H groups in total. The van der Waals surface area contributed by atoms with Crippen LogP contribution in [0.1, 0.15) is 30.0 Å². The lowest BCUT2D eigenvalue weighted by Gasteiger charge is -2.24. The van der Waals surface area contributed by atoms with Gasteiger partial charge in [0, 0.05) is 30.9 Å². The number of hydrogen-bond acceptors (Lipinski definition) is 5. The molecule has 3 rings (SSSR count). The lowest BCUT2D eigenvalue weighted by atomic mass is 9.96. The average molecular weight is 384 g/mol. The molecule has 0 bridgehead atoms. The van der Waals surface area contributed by atoms with Crippen LogP contribution in [-0.4, -0.2) is 44.3 Å². The highest BCUT2D eigenvalue weighted by molar-refractivity contribution is 6.46. The fraction of sp³-hybridized carbons (Fsp3) is 0.200. The molecule has 1 amide bonds. The number of aliphatic hydroxyl groups is 1. The molecule has 1 fully saturated rings. The van der Waals surface area contributed by atoms with E-state index in [1.54, 1.807) is 12.1 Å². The summed E-state index contributed by atoms with van der Waals surface area (Å²) in [5.74, 6) is -3.66. The molecular formula is C20H17FN2O5. The van der Waals surface area contributed by atoms with Crippen LogP contribution in [0.5, 0.6) is 0 Å². The Balaban J connectivity index is 2.07. The van der Waals surface area contributed by atoms with Crippen molar-refractivity contribution in [3.05, 3.63) is 71.3 Å². The van der Waals surface area contributed by atoms with Gasteiger partial charge >= 0.3 is 5.97 Å². The van der Waals surface area contributed by atoms with Crippen LogP contribution < -0.4 is 0 Å². The van der Waals surface area contributed by atoms with Crippen molar-refractivity contribution < 1.29 is 29.0 Å². The smallest absolute Gasteiger partial charge is 0.303 e. The van der Waals surface area contributed by atoms with E-state index in [4.69, 9.17) is 5.11 Å². The third-order valence-electron chi connectivity index (χ3n) is 4.45. The van der Waals surface area contributed by atoms with E-state index in [-0.39, 0.29) is 30.5 Å². The van der Waals surface area contributed by atoms with E-state index in [1.807, 2.05) is 0 Å². The Morgan fingerprint density at radius 3 is 2.46 bits per heavy atom. The number of Topliss-reactive ketones (excluding diaryl/α,β-unsaturated/α-hetero) is 1. The molecule has 7 nitrogen and oxygen atoms in total. The van der Waals surface area contributed by atoms with Gasteiger partial charge in [-0.25, -0.2) is 4.39 Å². The van der Waals surface area contributed by atoms with E-state index in [2.05, 4.69) is 4.98 Å². The van der Waals surface area contributed by atoms with Crippen molar-refractivity contribution >= 4 is 23.4 Å². The van der Waals surface area contributed by atoms with Crippen LogP contribution >= 0.6 is 0 Å². The normalized spacial score (nSPS) is 18.5. The summed E-state index contributed by atoms with van der Waals surface area (Å²) >= 11 is 0. The number of nitrogens with zero attached hydrogens (tertiary/aromatic N) is 2. The Kier molecular flexibility index (Phi) is 5.49. The largest absolute Gasteiger partial charge is 0.507 e. The maximum atomic E-state index is 13.2. The van der Waals surface area contributed by atoms with Gasteiger partial charge in [0.2, 0.25) is 0 Å². The molecule has 0 unspecified atom stereocenters. The van der Waals surface area contributed by atoms with Gasteiger partial charge in [-0.1, -0.05) is 6.07 Å². The summed E-state index contributed by atoms with van der Waals surface area (Å²) in [6, 6.07) is 7.27. The zero-order valence-electron chi connectivity index (χ0n) is 14.7. The minimum absolute atomic E-state index is 0.0244. The number of carboxylic acids is 1. The molecule has 1 aromatic carbocycles. The predicted octanol–water partition coefficient (Wildman–Crippen LogP) is 2.51. The van der Waals surface area contributed by atoms with Gasteiger partial charge in [-0.15, -0.1) is 0 Å². The number of aliphatic hydroxyl groups excluding tert-OH is 1. The van der Waals surface area contributed by atoms with Gasteiger partial charge in [0.1, 0.15) is 11.6 Å². The second-order valence-electron chi connectivity index (χ2n) is 6.28. The second kappa shape index (κ2) is 7.99. The van der Waals surface area contributed by atoms with Crippen LogP contribution in [-0.2, 0) is 14.4 Å². The zero-order valence-corrected chi connectivity index (χ0v) is 14.7. The SMILES string of the molecule is O=C(O)CCCN1C(=O)C(=O)C(=C(O)c2ccc(F)cc2)[C@H]1c1cccnc1. The summed E-state index contributed by atoms with van der Waals surface area (Å²) in [6.07, 6.45) is 2.98. The van der Waals surface area contributed by atoms with Crippen molar-refractivity contribution in [3.8, 4) is 0 Å². The summed E-state index contributed by atoms with van der Waals surface area (Å²) in [4.78, 5) is 41.3. The first-order valence-electron chi connectivity index (χ1n) is 8.56. The highest BCUT2D eigenvalue weighted by Gasteiger charge is 2.45. The van der Waals surface area contributed by atoms with Crippen molar-refractivity contribution in [1.82, 2.24) is 9.88 Å². The number of halogens is 1. The minimum Gasteiger partial charge on any atom is -0.507 e. The van der Waals surface area contributed by atoms with E-state index in [0.717, 1.165) is 12.1 Å². The molecule has 0 aliphatic carbocycles. The molecule has 0 spiro atoms. The molecule has 1 aliphatic heterocycles. The molecule has 1 saturated heterocycles. The third kappa shape index (κ3) is 3.75. The van der Waals surface area contributed by atoms with Crippen molar-refractivity contribution in [2.45, 2.75) is 18.9 Å². The number of rotatable bonds is 6. The number of carbonyl (C=O) groups excluding carboxylic acids is 2. The number of aromatic nitrogens is 1. The monoisotopic (exact) mass is 384 g/mol. The van der Waals surface area contributed by atoms with Crippen LogP contribution in [0, 0.1) is 5.82 Å². The van der Waals surface area contributed by atoms with Gasteiger partial charge < -0.3 is 15.1 Å². The van der Waals surface area contributed by atoms with E-state index in [9.17, 15) is 23.9 Å². The number of carboxylic acid groups (broad SMARTS) is 1. The highest BCUT2D eigenvalue weighted by Crippen LogP contribution is 2.39.